The summed E-state index contributed by atoms with van der Waals surface area (Å²) in [6.45, 7) is 1.83. The average molecular weight is 347 g/mol. The molecule has 5 heteroatoms. The molecule has 4 N–H and O–H groups in total. The van der Waals surface area contributed by atoms with Gasteiger partial charge in [-0.15, -0.1) is 0 Å². The van der Waals surface area contributed by atoms with Crippen molar-refractivity contribution in [3.05, 3.63) is 60.3 Å². The van der Waals surface area contributed by atoms with Crippen molar-refractivity contribution in [2.24, 2.45) is 5.73 Å². The van der Waals surface area contributed by atoms with Gasteiger partial charge in [0.25, 0.3) is 0 Å². The Morgan fingerprint density at radius 3 is 2.77 bits per heavy atom. The Kier molecular flexibility index (Phi) is 4.56. The quantitative estimate of drug-likeness (QED) is 0.513. The molecule has 0 bridgehead atoms. The molecule has 0 spiro atoms. The van der Waals surface area contributed by atoms with Gasteiger partial charge in [0.1, 0.15) is 17.2 Å². The van der Waals surface area contributed by atoms with Crippen LogP contribution >= 0.6 is 0 Å². The van der Waals surface area contributed by atoms with Gasteiger partial charge in [-0.1, -0.05) is 30.3 Å². The summed E-state index contributed by atoms with van der Waals surface area (Å²) in [4.78, 5) is 4.34. The Morgan fingerprint density at radius 2 is 1.92 bits per heavy atom. The number of hydrogen-bond acceptors (Lipinski definition) is 5. The summed E-state index contributed by atoms with van der Waals surface area (Å²) in [5.74, 6) is 1.29. The summed E-state index contributed by atoms with van der Waals surface area (Å²) in [6, 6.07) is 16.1. The van der Waals surface area contributed by atoms with Gasteiger partial charge in [-0.2, -0.15) is 0 Å². The number of para-hydroxylation sites is 1. The maximum absolute atomic E-state index is 6.08. The van der Waals surface area contributed by atoms with Crippen LogP contribution in [-0.4, -0.2) is 18.1 Å². The highest BCUT2D eigenvalue weighted by molar-refractivity contribution is 6.01. The van der Waals surface area contributed by atoms with Crippen molar-refractivity contribution in [1.82, 2.24) is 4.98 Å². The summed E-state index contributed by atoms with van der Waals surface area (Å²) >= 11 is 0. The van der Waals surface area contributed by atoms with E-state index in [0.717, 1.165) is 45.0 Å². The zero-order valence-corrected chi connectivity index (χ0v) is 14.4. The molecule has 132 valence electrons. The lowest BCUT2D eigenvalue weighted by Crippen LogP contribution is -2.04. The average Bonchev–Trinajstić information content (AvgIpc) is 3.09. The first-order valence-corrected chi connectivity index (χ1v) is 8.70. The van der Waals surface area contributed by atoms with Crippen molar-refractivity contribution in [3.63, 3.8) is 0 Å². The molecule has 0 aliphatic heterocycles. The molecule has 0 aliphatic carbocycles. The van der Waals surface area contributed by atoms with Crippen molar-refractivity contribution in [2.75, 3.05) is 18.9 Å². The van der Waals surface area contributed by atoms with Crippen LogP contribution in [0.1, 0.15) is 12.0 Å². The highest BCUT2D eigenvalue weighted by atomic mass is 16.5. The molecule has 2 aromatic carbocycles. The van der Waals surface area contributed by atoms with E-state index in [2.05, 4.69) is 11.1 Å². The second kappa shape index (κ2) is 7.15. The number of nitrogens with two attached hydrogens (primary N) is 2. The number of hydrogen-bond donors (Lipinski definition) is 2. The van der Waals surface area contributed by atoms with E-state index in [4.69, 9.17) is 20.6 Å². The van der Waals surface area contributed by atoms with E-state index in [0.29, 0.717) is 25.6 Å². The van der Waals surface area contributed by atoms with Crippen molar-refractivity contribution < 1.29 is 9.15 Å². The molecule has 2 aromatic heterocycles. The third-order valence-electron chi connectivity index (χ3n) is 4.44. The van der Waals surface area contributed by atoms with E-state index in [1.54, 1.807) is 6.20 Å². The lowest BCUT2D eigenvalue weighted by atomic mass is 10.0. The van der Waals surface area contributed by atoms with E-state index in [-0.39, 0.29) is 0 Å². The van der Waals surface area contributed by atoms with Crippen LogP contribution in [0.25, 0.3) is 33.1 Å². The second-order valence-electron chi connectivity index (χ2n) is 6.28. The van der Waals surface area contributed by atoms with Crippen LogP contribution in [0.4, 0.5) is 5.82 Å². The number of furan rings is 1. The first-order valence-electron chi connectivity index (χ1n) is 8.70. The van der Waals surface area contributed by atoms with Crippen LogP contribution in [0.5, 0.6) is 0 Å². The fourth-order valence-electron chi connectivity index (χ4n) is 3.09. The van der Waals surface area contributed by atoms with Gasteiger partial charge in [-0.05, 0) is 42.1 Å². The van der Waals surface area contributed by atoms with Gasteiger partial charge in [0.15, 0.2) is 0 Å². The van der Waals surface area contributed by atoms with Crippen LogP contribution < -0.4 is 11.5 Å². The van der Waals surface area contributed by atoms with Gasteiger partial charge < -0.3 is 20.6 Å². The SMILES string of the molecule is NCCCOCc1ccc2c(N)ncc(-c3cc4ccccc4o3)c2c1. The lowest BCUT2D eigenvalue weighted by Gasteiger charge is -2.09. The smallest absolute Gasteiger partial charge is 0.137 e. The minimum absolute atomic E-state index is 0.510. The Hall–Kier alpha value is -2.89. The molecule has 0 aliphatic rings. The van der Waals surface area contributed by atoms with Crippen molar-refractivity contribution in [3.8, 4) is 11.3 Å². The first kappa shape index (κ1) is 16.6. The number of anilines is 1. The Bertz CT molecular complexity index is 1020. The molecule has 0 atom stereocenters. The van der Waals surface area contributed by atoms with Gasteiger partial charge in [-0.25, -0.2) is 4.98 Å². The van der Waals surface area contributed by atoms with Gasteiger partial charge in [0.2, 0.25) is 0 Å². The highest BCUT2D eigenvalue weighted by Gasteiger charge is 2.12. The fourth-order valence-corrected chi connectivity index (χ4v) is 3.09. The summed E-state index contributed by atoms with van der Waals surface area (Å²) < 4.78 is 11.7. The van der Waals surface area contributed by atoms with Crippen molar-refractivity contribution in [1.29, 1.82) is 0 Å². The molecular formula is C21H21N3O2. The van der Waals surface area contributed by atoms with Crippen LogP contribution in [0.15, 0.2) is 59.1 Å². The first-order chi connectivity index (χ1) is 12.8. The Labute approximate surface area is 151 Å². The van der Waals surface area contributed by atoms with Crippen LogP contribution in [0, 0.1) is 0 Å². The Balaban J connectivity index is 1.76. The zero-order chi connectivity index (χ0) is 17.9. The van der Waals surface area contributed by atoms with Crippen molar-refractivity contribution >= 4 is 27.6 Å². The summed E-state index contributed by atoms with van der Waals surface area (Å²) in [6.07, 6.45) is 2.63. The van der Waals surface area contributed by atoms with Gasteiger partial charge >= 0.3 is 0 Å². The van der Waals surface area contributed by atoms with Gasteiger partial charge in [0.05, 0.1) is 6.61 Å². The minimum atomic E-state index is 0.510. The molecule has 26 heavy (non-hydrogen) atoms. The minimum Gasteiger partial charge on any atom is -0.456 e. The van der Waals surface area contributed by atoms with Crippen LogP contribution in [-0.2, 0) is 11.3 Å². The fraction of sp³-hybridized carbons (Fsp3) is 0.190. The molecule has 0 amide bonds. The number of benzene rings is 2. The number of rotatable bonds is 6. The molecule has 0 saturated heterocycles. The molecule has 0 fully saturated rings. The number of pyridine rings is 1. The third-order valence-corrected chi connectivity index (χ3v) is 4.44. The second-order valence-corrected chi connectivity index (χ2v) is 6.28. The largest absolute Gasteiger partial charge is 0.456 e. The molecule has 2 heterocycles. The number of aromatic nitrogens is 1. The highest BCUT2D eigenvalue weighted by Crippen LogP contribution is 2.34. The molecule has 0 saturated carbocycles. The van der Waals surface area contributed by atoms with Gasteiger partial charge in [-0.3, -0.25) is 0 Å². The van der Waals surface area contributed by atoms with E-state index in [9.17, 15) is 0 Å². The number of nitrogens with zero attached hydrogens (tertiary/aromatic N) is 1. The molecule has 5 nitrogen and oxygen atoms in total. The van der Waals surface area contributed by atoms with E-state index in [1.165, 1.54) is 0 Å². The van der Waals surface area contributed by atoms with E-state index < -0.39 is 0 Å². The molecule has 4 aromatic rings. The topological polar surface area (TPSA) is 87.3 Å². The lowest BCUT2D eigenvalue weighted by molar-refractivity contribution is 0.120. The van der Waals surface area contributed by atoms with Crippen LogP contribution in [0.2, 0.25) is 0 Å². The van der Waals surface area contributed by atoms with E-state index in [1.807, 2.05) is 42.5 Å². The summed E-state index contributed by atoms with van der Waals surface area (Å²) in [7, 11) is 0. The molecule has 0 radical (unpaired) electrons. The molecule has 4 rings (SSSR count). The normalized spacial score (nSPS) is 11.4. The van der Waals surface area contributed by atoms with Crippen molar-refractivity contribution in [2.45, 2.75) is 13.0 Å². The maximum Gasteiger partial charge on any atom is 0.137 e. The molecular weight excluding hydrogens is 326 g/mol. The predicted molar refractivity (Wildman–Crippen MR) is 105 cm³/mol. The van der Waals surface area contributed by atoms with Gasteiger partial charge in [0, 0.05) is 29.1 Å². The van der Waals surface area contributed by atoms with E-state index >= 15 is 0 Å². The third kappa shape index (κ3) is 3.14. The monoisotopic (exact) mass is 347 g/mol. The van der Waals surface area contributed by atoms with Crippen LogP contribution in [0.3, 0.4) is 0 Å². The summed E-state index contributed by atoms with van der Waals surface area (Å²) in [5, 5.41) is 2.99. The summed E-state index contributed by atoms with van der Waals surface area (Å²) in [5.41, 5.74) is 14.4. The maximum atomic E-state index is 6.08. The predicted octanol–water partition coefficient (Wildman–Crippen LogP) is 4.10. The number of fused-ring (bicyclic) bond motifs is 2. The zero-order valence-electron chi connectivity index (χ0n) is 14.4. The molecule has 0 unspecified atom stereocenters. The number of nitrogen functional groups attached to an aromatic ring is 1. The Morgan fingerprint density at radius 1 is 1.04 bits per heavy atom. The number of ether oxygens (including phenoxy) is 1. The standard InChI is InChI=1S/C21H21N3O2/c22-8-3-9-25-13-14-6-7-16-17(10-14)18(12-24-21(16)23)20-11-15-4-1-2-5-19(15)26-20/h1-2,4-7,10-12H,3,8-9,13,22H2,(H2,23,24).